The fourth-order valence-corrected chi connectivity index (χ4v) is 2.73. The third kappa shape index (κ3) is 3.19. The highest BCUT2D eigenvalue weighted by Gasteiger charge is 2.17. The number of aliphatic imine (C=N–C) groups is 1. The highest BCUT2D eigenvalue weighted by atomic mass is 19.1. The van der Waals surface area contributed by atoms with E-state index in [0.29, 0.717) is 16.3 Å². The van der Waals surface area contributed by atoms with Gasteiger partial charge in [0.25, 0.3) is 5.91 Å². The fourth-order valence-electron chi connectivity index (χ4n) is 2.73. The lowest BCUT2D eigenvalue weighted by molar-refractivity contribution is 0.100. The molecule has 0 saturated heterocycles. The van der Waals surface area contributed by atoms with Crippen molar-refractivity contribution in [2.45, 2.75) is 0 Å². The summed E-state index contributed by atoms with van der Waals surface area (Å²) < 4.78 is 33.9. The molecule has 0 spiro atoms. The molecule has 5 nitrogen and oxygen atoms in total. The molecule has 0 atom stereocenters. The van der Waals surface area contributed by atoms with Gasteiger partial charge in [-0.25, -0.2) is 8.78 Å². The van der Waals surface area contributed by atoms with Crippen molar-refractivity contribution in [3.63, 3.8) is 0 Å². The van der Waals surface area contributed by atoms with Gasteiger partial charge in [-0.1, -0.05) is 24.3 Å². The largest absolute Gasteiger partial charge is 0.497 e. The third-order valence-corrected chi connectivity index (χ3v) is 3.88. The number of carbonyl (C=O) groups is 1. The lowest BCUT2D eigenvalue weighted by atomic mass is 9.95. The van der Waals surface area contributed by atoms with Crippen LogP contribution >= 0.6 is 0 Å². The van der Waals surface area contributed by atoms with E-state index in [9.17, 15) is 13.6 Å². The van der Waals surface area contributed by atoms with E-state index in [1.165, 1.54) is 13.2 Å². The highest BCUT2D eigenvalue weighted by Crippen LogP contribution is 2.35. The summed E-state index contributed by atoms with van der Waals surface area (Å²) in [6.07, 6.45) is 0. The zero-order valence-corrected chi connectivity index (χ0v) is 13.8. The number of hydrogen-bond donors (Lipinski definition) is 2. The SMILES string of the molecule is COc1cc(F)c(-c2cccc3ccc(C(=O)N=C(N)N)cc23)c(F)c1. The number of hydrogen-bond acceptors (Lipinski definition) is 2. The quantitative estimate of drug-likeness (QED) is 0.557. The minimum atomic E-state index is -0.768. The van der Waals surface area contributed by atoms with Crippen LogP contribution in [0, 0.1) is 11.6 Å². The summed E-state index contributed by atoms with van der Waals surface area (Å²) in [5.41, 5.74) is 10.8. The van der Waals surface area contributed by atoms with Gasteiger partial charge in [-0.15, -0.1) is 0 Å². The van der Waals surface area contributed by atoms with Gasteiger partial charge in [0.1, 0.15) is 17.4 Å². The molecule has 3 aromatic rings. The molecule has 132 valence electrons. The Kier molecular flexibility index (Phi) is 4.53. The second-order valence-corrected chi connectivity index (χ2v) is 5.55. The molecule has 0 unspecified atom stereocenters. The lowest BCUT2D eigenvalue weighted by Crippen LogP contribution is -2.24. The summed E-state index contributed by atoms with van der Waals surface area (Å²) in [6.45, 7) is 0. The van der Waals surface area contributed by atoms with Gasteiger partial charge in [-0.2, -0.15) is 4.99 Å². The van der Waals surface area contributed by atoms with Crippen LogP contribution in [0.4, 0.5) is 8.78 Å². The van der Waals surface area contributed by atoms with E-state index < -0.39 is 17.5 Å². The van der Waals surface area contributed by atoms with Gasteiger partial charge >= 0.3 is 0 Å². The predicted octanol–water partition coefficient (Wildman–Crippen LogP) is 3.21. The fraction of sp³-hybridized carbons (Fsp3) is 0.0526. The van der Waals surface area contributed by atoms with E-state index in [-0.39, 0.29) is 22.8 Å². The molecule has 0 heterocycles. The van der Waals surface area contributed by atoms with Gasteiger partial charge in [0, 0.05) is 17.7 Å². The molecule has 3 aromatic carbocycles. The number of carbonyl (C=O) groups excluding carboxylic acids is 1. The van der Waals surface area contributed by atoms with Crippen LogP contribution in [-0.4, -0.2) is 19.0 Å². The number of nitrogens with zero attached hydrogens (tertiary/aromatic N) is 1. The first kappa shape index (κ1) is 17.3. The molecule has 4 N–H and O–H groups in total. The van der Waals surface area contributed by atoms with Crippen molar-refractivity contribution < 1.29 is 18.3 Å². The molecule has 7 heteroatoms. The van der Waals surface area contributed by atoms with E-state index in [4.69, 9.17) is 16.2 Å². The van der Waals surface area contributed by atoms with Crippen LogP contribution in [0.15, 0.2) is 53.5 Å². The summed E-state index contributed by atoms with van der Waals surface area (Å²) >= 11 is 0. The monoisotopic (exact) mass is 355 g/mol. The molecule has 0 aliphatic heterocycles. The Morgan fingerprint density at radius 3 is 2.35 bits per heavy atom. The van der Waals surface area contributed by atoms with E-state index >= 15 is 0 Å². The molecule has 0 aromatic heterocycles. The van der Waals surface area contributed by atoms with Crippen LogP contribution < -0.4 is 16.2 Å². The summed E-state index contributed by atoms with van der Waals surface area (Å²) in [5.74, 6) is -2.47. The molecule has 0 aliphatic rings. The Morgan fingerprint density at radius 2 is 1.73 bits per heavy atom. The van der Waals surface area contributed by atoms with E-state index in [0.717, 1.165) is 12.1 Å². The lowest BCUT2D eigenvalue weighted by Gasteiger charge is -2.11. The van der Waals surface area contributed by atoms with Crippen molar-refractivity contribution in [3.8, 4) is 16.9 Å². The zero-order chi connectivity index (χ0) is 18.8. The number of benzene rings is 3. The molecule has 0 saturated carbocycles. The van der Waals surface area contributed by atoms with Crippen molar-refractivity contribution in [2.24, 2.45) is 16.5 Å². The normalized spacial score (nSPS) is 10.6. The Morgan fingerprint density at radius 1 is 1.04 bits per heavy atom. The number of nitrogens with two attached hydrogens (primary N) is 2. The Balaban J connectivity index is 2.24. The summed E-state index contributed by atoms with van der Waals surface area (Å²) in [6, 6.07) is 11.9. The number of amides is 1. The Hall–Kier alpha value is -3.48. The maximum Gasteiger partial charge on any atom is 0.280 e. The van der Waals surface area contributed by atoms with Crippen LogP contribution in [0.1, 0.15) is 10.4 Å². The molecular formula is C19H15F2N3O2. The van der Waals surface area contributed by atoms with Crippen molar-refractivity contribution >= 4 is 22.6 Å². The smallest absolute Gasteiger partial charge is 0.280 e. The maximum absolute atomic E-state index is 14.5. The third-order valence-electron chi connectivity index (χ3n) is 3.88. The van der Waals surface area contributed by atoms with E-state index in [2.05, 4.69) is 4.99 Å². The highest BCUT2D eigenvalue weighted by molar-refractivity contribution is 6.06. The van der Waals surface area contributed by atoms with Crippen molar-refractivity contribution in [1.82, 2.24) is 0 Å². The van der Waals surface area contributed by atoms with Gasteiger partial charge in [-0.05, 0) is 28.5 Å². The van der Waals surface area contributed by atoms with Gasteiger partial charge in [0.2, 0.25) is 0 Å². The molecule has 0 bridgehead atoms. The minimum absolute atomic E-state index is 0.0765. The summed E-state index contributed by atoms with van der Waals surface area (Å²) in [4.78, 5) is 15.5. The first-order chi connectivity index (χ1) is 12.4. The van der Waals surface area contributed by atoms with Crippen molar-refractivity contribution in [2.75, 3.05) is 7.11 Å². The van der Waals surface area contributed by atoms with Gasteiger partial charge in [0.15, 0.2) is 5.96 Å². The number of halogens is 2. The maximum atomic E-state index is 14.5. The summed E-state index contributed by atoms with van der Waals surface area (Å²) in [7, 11) is 1.33. The molecule has 1 amide bonds. The van der Waals surface area contributed by atoms with Gasteiger partial charge in [0.05, 0.1) is 12.7 Å². The first-order valence-corrected chi connectivity index (χ1v) is 7.61. The summed E-state index contributed by atoms with van der Waals surface area (Å²) in [5, 5.41) is 1.20. The van der Waals surface area contributed by atoms with Gasteiger partial charge < -0.3 is 16.2 Å². The number of rotatable bonds is 3. The molecule has 0 fully saturated rings. The topological polar surface area (TPSA) is 90.7 Å². The van der Waals surface area contributed by atoms with Crippen LogP contribution in [-0.2, 0) is 0 Å². The molecule has 3 rings (SSSR count). The van der Waals surface area contributed by atoms with Crippen LogP contribution in [0.3, 0.4) is 0 Å². The molecular weight excluding hydrogens is 340 g/mol. The average Bonchev–Trinajstić information content (AvgIpc) is 2.60. The Labute approximate surface area is 147 Å². The number of ether oxygens (including phenoxy) is 1. The minimum Gasteiger partial charge on any atom is -0.497 e. The second-order valence-electron chi connectivity index (χ2n) is 5.55. The van der Waals surface area contributed by atoms with E-state index in [1.807, 2.05) is 0 Å². The predicted molar refractivity (Wildman–Crippen MR) is 96.0 cm³/mol. The first-order valence-electron chi connectivity index (χ1n) is 7.61. The molecule has 0 radical (unpaired) electrons. The van der Waals surface area contributed by atoms with Crippen LogP contribution in [0.2, 0.25) is 0 Å². The zero-order valence-electron chi connectivity index (χ0n) is 13.8. The van der Waals surface area contributed by atoms with Crippen molar-refractivity contribution in [1.29, 1.82) is 0 Å². The number of methoxy groups -OCH3 is 1. The molecule has 26 heavy (non-hydrogen) atoms. The van der Waals surface area contributed by atoms with Gasteiger partial charge in [-0.3, -0.25) is 4.79 Å². The number of guanidine groups is 1. The average molecular weight is 355 g/mol. The standard InChI is InChI=1S/C19H15F2N3O2/c1-26-12-8-15(20)17(16(21)9-12)13-4-2-3-10-5-6-11(7-14(10)13)18(25)24-19(22)23/h2-9H,1H3,(H4,22,23,24,25). The van der Waals surface area contributed by atoms with E-state index in [1.54, 1.807) is 30.3 Å². The second kappa shape index (κ2) is 6.79. The number of fused-ring (bicyclic) bond motifs is 1. The van der Waals surface area contributed by atoms with Crippen LogP contribution in [0.5, 0.6) is 5.75 Å². The van der Waals surface area contributed by atoms with Crippen molar-refractivity contribution in [3.05, 3.63) is 65.7 Å². The molecule has 0 aliphatic carbocycles. The van der Waals surface area contributed by atoms with Crippen LogP contribution in [0.25, 0.3) is 21.9 Å². The Bertz CT molecular complexity index is 1020.